The highest BCUT2D eigenvalue weighted by molar-refractivity contribution is 5.76. The molecule has 2 atom stereocenters. The smallest absolute Gasteiger partial charge is 0.313 e. The molecule has 0 radical (unpaired) electrons. The van der Waals surface area contributed by atoms with Crippen molar-refractivity contribution >= 4 is 5.97 Å². The number of aliphatic hydroxyl groups excluding tert-OH is 1. The maximum atomic E-state index is 11.9. The molecule has 1 aliphatic rings. The quantitative estimate of drug-likeness (QED) is 0.820. The van der Waals surface area contributed by atoms with Gasteiger partial charge in [-0.25, -0.2) is 0 Å². The molecule has 0 bridgehead atoms. The minimum absolute atomic E-state index is 0.303. The molecular weight excluding hydrogens is 286 g/mol. The maximum absolute atomic E-state index is 11.9. The Bertz CT molecular complexity index is 517. The lowest BCUT2D eigenvalue weighted by atomic mass is 9.73. The second-order valence-electron chi connectivity index (χ2n) is 6.64. The standard InChI is InChI=1S/C15H25N3O4/c1-10(2)4-6-15(14(20)21)9-18(7-5-12(15)19)8-13-16-11(3)17-22-13/h10,12,19H,4-9H2,1-3H3,(H,20,21)/t12-,15-/m1/s1. The van der Waals surface area contributed by atoms with Gasteiger partial charge in [0.15, 0.2) is 5.82 Å². The molecule has 1 saturated heterocycles. The number of aliphatic hydroxyl groups is 1. The predicted octanol–water partition coefficient (Wildman–Crippen LogP) is 1.45. The van der Waals surface area contributed by atoms with Crippen molar-refractivity contribution in [2.45, 2.75) is 52.7 Å². The predicted molar refractivity (Wildman–Crippen MR) is 79.1 cm³/mol. The van der Waals surface area contributed by atoms with E-state index in [1.165, 1.54) is 0 Å². The Labute approximate surface area is 130 Å². The number of likely N-dealkylation sites (tertiary alicyclic amines) is 1. The summed E-state index contributed by atoms with van der Waals surface area (Å²) in [6, 6.07) is 0. The van der Waals surface area contributed by atoms with Crippen molar-refractivity contribution in [3.8, 4) is 0 Å². The van der Waals surface area contributed by atoms with Crippen molar-refractivity contribution in [3.63, 3.8) is 0 Å². The second kappa shape index (κ2) is 6.75. The van der Waals surface area contributed by atoms with E-state index in [1.807, 2.05) is 4.90 Å². The summed E-state index contributed by atoms with van der Waals surface area (Å²) >= 11 is 0. The van der Waals surface area contributed by atoms with Crippen molar-refractivity contribution in [1.29, 1.82) is 0 Å². The Kier molecular flexibility index (Phi) is 5.18. The van der Waals surface area contributed by atoms with Gasteiger partial charge in [0.2, 0.25) is 5.89 Å². The number of hydrogen-bond acceptors (Lipinski definition) is 6. The van der Waals surface area contributed by atoms with Crippen LogP contribution >= 0.6 is 0 Å². The minimum Gasteiger partial charge on any atom is -0.481 e. The van der Waals surface area contributed by atoms with E-state index in [9.17, 15) is 15.0 Å². The Morgan fingerprint density at radius 2 is 2.27 bits per heavy atom. The fourth-order valence-electron chi connectivity index (χ4n) is 3.00. The van der Waals surface area contributed by atoms with Gasteiger partial charge in [0.1, 0.15) is 5.41 Å². The van der Waals surface area contributed by atoms with E-state index in [2.05, 4.69) is 24.0 Å². The maximum Gasteiger partial charge on any atom is 0.313 e. The molecule has 0 aliphatic carbocycles. The van der Waals surface area contributed by atoms with E-state index in [0.717, 1.165) is 6.42 Å². The molecule has 1 aliphatic heterocycles. The largest absolute Gasteiger partial charge is 0.481 e. The van der Waals surface area contributed by atoms with Gasteiger partial charge in [-0.2, -0.15) is 4.98 Å². The summed E-state index contributed by atoms with van der Waals surface area (Å²) in [7, 11) is 0. The van der Waals surface area contributed by atoms with Crippen LogP contribution in [0.3, 0.4) is 0 Å². The summed E-state index contributed by atoms with van der Waals surface area (Å²) in [6.07, 6.45) is 0.874. The van der Waals surface area contributed by atoms with Crippen LogP contribution in [0.15, 0.2) is 4.52 Å². The summed E-state index contributed by atoms with van der Waals surface area (Å²) in [5.41, 5.74) is -1.11. The third-order valence-electron chi connectivity index (χ3n) is 4.38. The average molecular weight is 311 g/mol. The van der Waals surface area contributed by atoms with E-state index >= 15 is 0 Å². The van der Waals surface area contributed by atoms with E-state index in [-0.39, 0.29) is 0 Å². The summed E-state index contributed by atoms with van der Waals surface area (Å²) in [5.74, 6) is 0.526. The number of hydrogen-bond donors (Lipinski definition) is 2. The van der Waals surface area contributed by atoms with Crippen molar-refractivity contribution < 1.29 is 19.5 Å². The van der Waals surface area contributed by atoms with Gasteiger partial charge >= 0.3 is 5.97 Å². The highest BCUT2D eigenvalue weighted by Gasteiger charge is 2.48. The lowest BCUT2D eigenvalue weighted by Gasteiger charge is -2.43. The van der Waals surface area contributed by atoms with Crippen LogP contribution in [0.25, 0.3) is 0 Å². The van der Waals surface area contributed by atoms with Crippen molar-refractivity contribution in [2.24, 2.45) is 11.3 Å². The van der Waals surface area contributed by atoms with Crippen molar-refractivity contribution in [3.05, 3.63) is 11.7 Å². The molecule has 2 heterocycles. The van der Waals surface area contributed by atoms with Crippen LogP contribution in [0, 0.1) is 18.3 Å². The van der Waals surface area contributed by atoms with Crippen LogP contribution in [0.2, 0.25) is 0 Å². The van der Waals surface area contributed by atoms with Crippen molar-refractivity contribution in [1.82, 2.24) is 15.0 Å². The third kappa shape index (κ3) is 3.64. The van der Waals surface area contributed by atoms with Crippen molar-refractivity contribution in [2.75, 3.05) is 13.1 Å². The zero-order valence-electron chi connectivity index (χ0n) is 13.4. The number of carboxylic acid groups (broad SMARTS) is 1. The van der Waals surface area contributed by atoms with Crippen LogP contribution in [-0.2, 0) is 11.3 Å². The number of nitrogens with zero attached hydrogens (tertiary/aromatic N) is 3. The molecule has 0 saturated carbocycles. The molecule has 1 fully saturated rings. The minimum atomic E-state index is -1.11. The SMILES string of the molecule is Cc1noc(CN2CC[C@@H](O)[C@](CCC(C)C)(C(=O)O)C2)n1. The highest BCUT2D eigenvalue weighted by atomic mass is 16.5. The molecule has 2 N–H and O–H groups in total. The fourth-order valence-corrected chi connectivity index (χ4v) is 3.00. The molecular formula is C15H25N3O4. The Hall–Kier alpha value is -1.47. The number of carbonyl (C=O) groups is 1. The van der Waals surface area contributed by atoms with E-state index in [4.69, 9.17) is 4.52 Å². The Morgan fingerprint density at radius 3 is 2.82 bits per heavy atom. The van der Waals surface area contributed by atoms with Gasteiger partial charge in [-0.05, 0) is 32.1 Å². The van der Waals surface area contributed by atoms with Crippen LogP contribution < -0.4 is 0 Å². The van der Waals surface area contributed by atoms with Gasteiger partial charge in [-0.1, -0.05) is 19.0 Å². The Balaban J connectivity index is 2.11. The first-order valence-electron chi connectivity index (χ1n) is 7.76. The molecule has 0 amide bonds. The van der Waals surface area contributed by atoms with Crippen LogP contribution in [0.5, 0.6) is 0 Å². The molecule has 0 aromatic carbocycles. The van der Waals surface area contributed by atoms with Gasteiger partial charge in [0.25, 0.3) is 0 Å². The molecule has 124 valence electrons. The lowest BCUT2D eigenvalue weighted by molar-refractivity contribution is -0.165. The van der Waals surface area contributed by atoms with E-state index in [1.54, 1.807) is 6.92 Å². The third-order valence-corrected chi connectivity index (χ3v) is 4.38. The first-order chi connectivity index (χ1) is 10.3. The highest BCUT2D eigenvalue weighted by Crippen LogP contribution is 2.37. The summed E-state index contributed by atoms with van der Waals surface area (Å²) in [6.45, 7) is 7.21. The normalized spacial score (nSPS) is 26.5. The van der Waals surface area contributed by atoms with Crippen LogP contribution in [-0.4, -0.2) is 50.4 Å². The molecule has 2 rings (SSSR count). The Morgan fingerprint density at radius 1 is 1.55 bits per heavy atom. The number of carboxylic acids is 1. The number of aromatic nitrogens is 2. The monoisotopic (exact) mass is 311 g/mol. The first kappa shape index (κ1) is 16.9. The van der Waals surface area contributed by atoms with Crippen LogP contribution in [0.1, 0.15) is 44.8 Å². The molecule has 7 nitrogen and oxygen atoms in total. The first-order valence-corrected chi connectivity index (χ1v) is 7.76. The molecule has 22 heavy (non-hydrogen) atoms. The summed E-state index contributed by atoms with van der Waals surface area (Å²) in [5, 5.41) is 23.8. The second-order valence-corrected chi connectivity index (χ2v) is 6.64. The summed E-state index contributed by atoms with van der Waals surface area (Å²) in [4.78, 5) is 18.0. The van der Waals surface area contributed by atoms with E-state index < -0.39 is 17.5 Å². The molecule has 7 heteroatoms. The van der Waals surface area contributed by atoms with Crippen LogP contribution in [0.4, 0.5) is 0 Å². The van der Waals surface area contributed by atoms with Gasteiger partial charge in [0, 0.05) is 13.1 Å². The zero-order chi connectivity index (χ0) is 16.3. The number of rotatable bonds is 6. The topological polar surface area (TPSA) is 99.7 Å². The average Bonchev–Trinajstić information content (AvgIpc) is 2.84. The lowest BCUT2D eigenvalue weighted by Crippen LogP contribution is -2.55. The van der Waals surface area contributed by atoms with Gasteiger partial charge < -0.3 is 14.7 Å². The zero-order valence-corrected chi connectivity index (χ0v) is 13.4. The van der Waals surface area contributed by atoms with Gasteiger partial charge in [-0.3, -0.25) is 9.69 Å². The molecule has 1 aromatic heterocycles. The number of aryl methyl sites for hydroxylation is 1. The van der Waals surface area contributed by atoms with Gasteiger partial charge in [0.05, 0.1) is 12.6 Å². The molecule has 0 unspecified atom stereocenters. The molecule has 0 spiro atoms. The fraction of sp³-hybridized carbons (Fsp3) is 0.800. The molecule has 1 aromatic rings. The van der Waals surface area contributed by atoms with Gasteiger partial charge in [-0.15, -0.1) is 0 Å². The number of piperidine rings is 1. The number of aliphatic carboxylic acids is 1. The van der Waals surface area contributed by atoms with E-state index in [0.29, 0.717) is 50.1 Å². The summed E-state index contributed by atoms with van der Waals surface area (Å²) < 4.78 is 5.11.